The van der Waals surface area contributed by atoms with Crippen molar-refractivity contribution in [1.82, 2.24) is 5.32 Å². The Kier molecular flexibility index (Phi) is 2.68. The highest BCUT2D eigenvalue weighted by molar-refractivity contribution is 5.54. The number of nitrogens with one attached hydrogen (secondary N) is 1. The van der Waals surface area contributed by atoms with Crippen LogP contribution in [0.4, 0.5) is 0 Å². The van der Waals surface area contributed by atoms with Gasteiger partial charge in [0.15, 0.2) is 11.5 Å². The van der Waals surface area contributed by atoms with Crippen molar-refractivity contribution in [1.29, 1.82) is 0 Å². The topological polar surface area (TPSA) is 72.7 Å². The third kappa shape index (κ3) is 1.85. The van der Waals surface area contributed by atoms with Gasteiger partial charge >= 0.3 is 0 Å². The molecule has 1 aliphatic rings. The van der Waals surface area contributed by atoms with Crippen molar-refractivity contribution in [3.05, 3.63) is 17.7 Å². The normalized spacial score (nSPS) is 21.5. The van der Waals surface area contributed by atoms with Crippen molar-refractivity contribution in [2.24, 2.45) is 0 Å². The Balaban J connectivity index is 2.31. The Morgan fingerprint density at radius 2 is 1.87 bits per heavy atom. The third-order valence-corrected chi connectivity index (χ3v) is 2.85. The molecule has 0 bridgehead atoms. The lowest BCUT2D eigenvalue weighted by Crippen LogP contribution is -2.26. The Morgan fingerprint density at radius 3 is 2.53 bits per heavy atom. The highest BCUT2D eigenvalue weighted by atomic mass is 16.3. The van der Waals surface area contributed by atoms with Gasteiger partial charge in [0.1, 0.15) is 0 Å². The van der Waals surface area contributed by atoms with Gasteiger partial charge in [-0.05, 0) is 31.5 Å². The van der Waals surface area contributed by atoms with Gasteiger partial charge in [-0.2, -0.15) is 0 Å². The minimum atomic E-state index is -0.431. The second-order valence-corrected chi connectivity index (χ2v) is 3.87. The number of piperidine rings is 1. The van der Waals surface area contributed by atoms with E-state index in [1.807, 2.05) is 0 Å². The maximum absolute atomic E-state index is 9.68. The van der Waals surface area contributed by atoms with Crippen molar-refractivity contribution in [2.75, 3.05) is 6.54 Å². The number of hydrogen-bond acceptors (Lipinski definition) is 4. The largest absolute Gasteiger partial charge is 0.504 e. The molecule has 4 nitrogen and oxygen atoms in total. The molecule has 0 amide bonds. The Hall–Kier alpha value is -1.42. The van der Waals surface area contributed by atoms with E-state index in [0.717, 1.165) is 25.8 Å². The zero-order chi connectivity index (χ0) is 10.8. The summed E-state index contributed by atoms with van der Waals surface area (Å²) in [5, 5.41) is 31.5. The fraction of sp³-hybridized carbons (Fsp3) is 0.455. The summed E-state index contributed by atoms with van der Waals surface area (Å²) < 4.78 is 0. The molecule has 1 saturated heterocycles. The smallest absolute Gasteiger partial charge is 0.200 e. The Bertz CT molecular complexity index is 359. The molecule has 82 valence electrons. The highest BCUT2D eigenvalue weighted by Crippen LogP contribution is 2.41. The molecular formula is C11H15NO3. The fourth-order valence-electron chi connectivity index (χ4n) is 1.98. The van der Waals surface area contributed by atoms with Crippen molar-refractivity contribution in [3.8, 4) is 17.2 Å². The van der Waals surface area contributed by atoms with Gasteiger partial charge < -0.3 is 20.6 Å². The van der Waals surface area contributed by atoms with Crippen LogP contribution in [0, 0.1) is 0 Å². The van der Waals surface area contributed by atoms with Gasteiger partial charge in [0.25, 0.3) is 0 Å². The van der Waals surface area contributed by atoms with Gasteiger partial charge in [-0.3, -0.25) is 0 Å². The molecule has 0 aromatic heterocycles. The van der Waals surface area contributed by atoms with E-state index in [1.54, 1.807) is 6.07 Å². The maximum Gasteiger partial charge on any atom is 0.200 e. The van der Waals surface area contributed by atoms with Gasteiger partial charge in [0.2, 0.25) is 5.75 Å². The summed E-state index contributed by atoms with van der Waals surface area (Å²) >= 11 is 0. The molecule has 1 aromatic carbocycles. The van der Waals surface area contributed by atoms with E-state index in [4.69, 9.17) is 0 Å². The van der Waals surface area contributed by atoms with Crippen molar-refractivity contribution < 1.29 is 15.3 Å². The van der Waals surface area contributed by atoms with Gasteiger partial charge in [-0.15, -0.1) is 0 Å². The lowest BCUT2D eigenvalue weighted by atomic mass is 9.96. The molecule has 2 rings (SSSR count). The first kappa shape index (κ1) is 10.1. The highest BCUT2D eigenvalue weighted by Gasteiger charge is 2.20. The van der Waals surface area contributed by atoms with Gasteiger partial charge in [0.05, 0.1) is 0 Å². The monoisotopic (exact) mass is 209 g/mol. The molecule has 0 saturated carbocycles. The summed E-state index contributed by atoms with van der Waals surface area (Å²) in [5.41, 5.74) is 0.657. The van der Waals surface area contributed by atoms with Gasteiger partial charge in [-0.1, -0.05) is 6.42 Å². The average Bonchev–Trinajstić information content (AvgIpc) is 2.27. The van der Waals surface area contributed by atoms with Crippen molar-refractivity contribution in [2.45, 2.75) is 25.3 Å². The quantitative estimate of drug-likeness (QED) is 0.530. The van der Waals surface area contributed by atoms with E-state index in [2.05, 4.69) is 5.32 Å². The van der Waals surface area contributed by atoms with Crippen LogP contribution >= 0.6 is 0 Å². The summed E-state index contributed by atoms with van der Waals surface area (Å²) in [6, 6.07) is 3.12. The summed E-state index contributed by atoms with van der Waals surface area (Å²) in [5.74, 6) is -0.929. The first-order chi connectivity index (χ1) is 7.20. The molecule has 1 atom stereocenters. The second-order valence-electron chi connectivity index (χ2n) is 3.87. The summed E-state index contributed by atoms with van der Waals surface area (Å²) in [4.78, 5) is 0. The Morgan fingerprint density at radius 1 is 1.07 bits per heavy atom. The van der Waals surface area contributed by atoms with Crippen LogP contribution in [-0.2, 0) is 0 Å². The van der Waals surface area contributed by atoms with Crippen LogP contribution in [0.25, 0.3) is 0 Å². The van der Waals surface area contributed by atoms with Crippen LogP contribution in [0.2, 0.25) is 0 Å². The molecule has 1 heterocycles. The summed E-state index contributed by atoms with van der Waals surface area (Å²) in [6.45, 7) is 0.922. The average molecular weight is 209 g/mol. The molecule has 4 N–H and O–H groups in total. The number of hydrogen-bond donors (Lipinski definition) is 4. The molecule has 1 fully saturated rings. The summed E-state index contributed by atoms with van der Waals surface area (Å²) in [6.07, 6.45) is 3.19. The van der Waals surface area contributed by atoms with E-state index in [9.17, 15) is 15.3 Å². The SMILES string of the molecule is Oc1ccc([C@@H]2CCCCN2)c(O)c1O. The lowest BCUT2D eigenvalue weighted by molar-refractivity contribution is 0.350. The fourth-order valence-corrected chi connectivity index (χ4v) is 1.98. The zero-order valence-electron chi connectivity index (χ0n) is 8.40. The number of aromatic hydroxyl groups is 3. The van der Waals surface area contributed by atoms with E-state index < -0.39 is 5.75 Å². The molecule has 0 unspecified atom stereocenters. The van der Waals surface area contributed by atoms with Crippen LogP contribution in [0.5, 0.6) is 17.2 Å². The van der Waals surface area contributed by atoms with E-state index in [-0.39, 0.29) is 17.5 Å². The van der Waals surface area contributed by atoms with E-state index in [0.29, 0.717) is 5.56 Å². The third-order valence-electron chi connectivity index (χ3n) is 2.85. The minimum Gasteiger partial charge on any atom is -0.504 e. The predicted molar refractivity (Wildman–Crippen MR) is 56.0 cm³/mol. The summed E-state index contributed by atoms with van der Waals surface area (Å²) in [7, 11) is 0. The van der Waals surface area contributed by atoms with Crippen LogP contribution < -0.4 is 5.32 Å². The molecular weight excluding hydrogens is 194 g/mol. The van der Waals surface area contributed by atoms with E-state index >= 15 is 0 Å². The first-order valence-corrected chi connectivity index (χ1v) is 5.17. The van der Waals surface area contributed by atoms with Crippen LogP contribution in [0.3, 0.4) is 0 Å². The standard InChI is InChI=1S/C11H15NO3/c13-9-5-4-7(10(14)11(9)15)8-3-1-2-6-12-8/h4-5,8,12-15H,1-3,6H2/t8-/m0/s1. The first-order valence-electron chi connectivity index (χ1n) is 5.17. The number of phenols is 3. The number of phenolic OH excluding ortho intramolecular Hbond substituents is 3. The van der Waals surface area contributed by atoms with E-state index in [1.165, 1.54) is 6.07 Å². The van der Waals surface area contributed by atoms with Crippen LogP contribution in [-0.4, -0.2) is 21.9 Å². The van der Waals surface area contributed by atoms with Crippen molar-refractivity contribution in [3.63, 3.8) is 0 Å². The molecule has 1 aromatic rings. The molecule has 4 heteroatoms. The van der Waals surface area contributed by atoms with Crippen molar-refractivity contribution >= 4 is 0 Å². The molecule has 0 aliphatic carbocycles. The number of benzene rings is 1. The zero-order valence-corrected chi connectivity index (χ0v) is 8.40. The molecule has 1 aliphatic heterocycles. The molecule has 0 radical (unpaired) electrons. The minimum absolute atomic E-state index is 0.0743. The maximum atomic E-state index is 9.68. The molecule has 15 heavy (non-hydrogen) atoms. The van der Waals surface area contributed by atoms with Gasteiger partial charge in [-0.25, -0.2) is 0 Å². The lowest BCUT2D eigenvalue weighted by Gasteiger charge is -2.24. The molecule has 0 spiro atoms. The predicted octanol–water partition coefficient (Wildman–Crippen LogP) is 1.62. The Labute approximate surface area is 88.2 Å². The van der Waals surface area contributed by atoms with Gasteiger partial charge in [0, 0.05) is 11.6 Å². The number of rotatable bonds is 1. The second kappa shape index (κ2) is 3.98. The van der Waals surface area contributed by atoms with Crippen LogP contribution in [0.15, 0.2) is 12.1 Å². The van der Waals surface area contributed by atoms with Crippen LogP contribution in [0.1, 0.15) is 30.9 Å².